The molecule has 150 valence electrons. The highest BCUT2D eigenvalue weighted by Gasteiger charge is 2.40. The third-order valence-corrected chi connectivity index (χ3v) is 4.28. The van der Waals surface area contributed by atoms with Crippen LogP contribution in [0.5, 0.6) is 0 Å². The zero-order valence-corrected chi connectivity index (χ0v) is 14.3. The van der Waals surface area contributed by atoms with E-state index in [4.69, 9.17) is 4.74 Å². The van der Waals surface area contributed by atoms with Crippen LogP contribution in [0.2, 0.25) is 0 Å². The summed E-state index contributed by atoms with van der Waals surface area (Å²) in [5, 5.41) is 0. The Morgan fingerprint density at radius 2 is 1.67 bits per heavy atom. The van der Waals surface area contributed by atoms with Crippen LogP contribution in [0.4, 0.5) is 26.3 Å². The molecular formula is C17H17F6NO3. The van der Waals surface area contributed by atoms with Crippen molar-refractivity contribution in [3.63, 3.8) is 0 Å². The normalized spacial score (nSPS) is 16.3. The molecule has 10 heteroatoms. The fraction of sp³-hybridized carbons (Fsp3) is 0.529. The van der Waals surface area contributed by atoms with Crippen LogP contribution in [0.3, 0.4) is 0 Å². The number of nitrogens with zero attached hydrogens (tertiary/aromatic N) is 1. The van der Waals surface area contributed by atoms with Gasteiger partial charge >= 0.3 is 18.3 Å². The second-order valence-corrected chi connectivity index (χ2v) is 6.07. The minimum atomic E-state index is -4.97. The van der Waals surface area contributed by atoms with E-state index in [0.717, 1.165) is 4.90 Å². The van der Waals surface area contributed by atoms with Gasteiger partial charge in [0.15, 0.2) is 0 Å². The number of ether oxygens (including phenoxy) is 1. The Balaban J connectivity index is 2.26. The first-order valence-corrected chi connectivity index (χ1v) is 8.19. The van der Waals surface area contributed by atoms with Gasteiger partial charge in [-0.1, -0.05) is 0 Å². The average Bonchev–Trinajstić information content (AvgIpc) is 2.59. The summed E-state index contributed by atoms with van der Waals surface area (Å²) >= 11 is 0. The van der Waals surface area contributed by atoms with E-state index in [1.54, 1.807) is 6.92 Å². The second-order valence-electron chi connectivity index (χ2n) is 6.07. The molecule has 27 heavy (non-hydrogen) atoms. The van der Waals surface area contributed by atoms with Gasteiger partial charge in [-0.15, -0.1) is 0 Å². The van der Waals surface area contributed by atoms with Crippen molar-refractivity contribution >= 4 is 11.9 Å². The maximum Gasteiger partial charge on any atom is 0.417 e. The van der Waals surface area contributed by atoms with Crippen LogP contribution < -0.4 is 0 Å². The lowest BCUT2D eigenvalue weighted by Crippen LogP contribution is -2.41. The molecule has 1 saturated heterocycles. The summed E-state index contributed by atoms with van der Waals surface area (Å²) in [6.07, 6.45) is -9.51. The van der Waals surface area contributed by atoms with Crippen LogP contribution in [-0.4, -0.2) is 36.5 Å². The lowest BCUT2D eigenvalue weighted by Gasteiger charge is -2.31. The number of carbonyl (C=O) groups is 2. The number of hydrogen-bond acceptors (Lipinski definition) is 3. The lowest BCUT2D eigenvalue weighted by atomic mass is 9.95. The number of piperidine rings is 1. The number of rotatable bonds is 3. The van der Waals surface area contributed by atoms with Crippen LogP contribution in [0.25, 0.3) is 0 Å². The summed E-state index contributed by atoms with van der Waals surface area (Å²) < 4.78 is 82.9. The highest BCUT2D eigenvalue weighted by molar-refractivity contribution is 5.96. The molecule has 1 amide bonds. The maximum atomic E-state index is 13.1. The molecule has 2 rings (SSSR count). The van der Waals surface area contributed by atoms with Gasteiger partial charge in [-0.05, 0) is 38.0 Å². The predicted molar refractivity (Wildman–Crippen MR) is 81.7 cm³/mol. The fourth-order valence-corrected chi connectivity index (χ4v) is 2.89. The molecule has 1 aromatic carbocycles. The molecule has 1 aliphatic rings. The molecule has 0 unspecified atom stereocenters. The minimum absolute atomic E-state index is 0.0458. The van der Waals surface area contributed by atoms with Crippen molar-refractivity contribution in [2.24, 2.45) is 5.92 Å². The van der Waals surface area contributed by atoms with Crippen LogP contribution >= 0.6 is 0 Å². The number of benzene rings is 1. The van der Waals surface area contributed by atoms with E-state index < -0.39 is 46.8 Å². The molecule has 0 spiro atoms. The molecule has 1 fully saturated rings. The first-order valence-electron chi connectivity index (χ1n) is 8.19. The van der Waals surface area contributed by atoms with Gasteiger partial charge in [0.2, 0.25) is 0 Å². The Bertz CT molecular complexity index is 706. The highest BCUT2D eigenvalue weighted by Crippen LogP contribution is 2.37. The molecule has 1 aromatic rings. The van der Waals surface area contributed by atoms with Crippen molar-refractivity contribution in [3.05, 3.63) is 34.9 Å². The topological polar surface area (TPSA) is 46.6 Å². The quantitative estimate of drug-likeness (QED) is 0.569. The van der Waals surface area contributed by atoms with Gasteiger partial charge < -0.3 is 9.64 Å². The molecule has 0 bridgehead atoms. The van der Waals surface area contributed by atoms with Crippen molar-refractivity contribution in [2.45, 2.75) is 32.1 Å². The number of likely N-dealkylation sites (tertiary alicyclic amines) is 1. The summed E-state index contributed by atoms with van der Waals surface area (Å²) in [5.41, 5.74) is -3.81. The van der Waals surface area contributed by atoms with Crippen LogP contribution in [0.15, 0.2) is 18.2 Å². The van der Waals surface area contributed by atoms with Gasteiger partial charge in [-0.25, -0.2) is 0 Å². The van der Waals surface area contributed by atoms with Crippen molar-refractivity contribution in [3.8, 4) is 0 Å². The zero-order chi connectivity index (χ0) is 20.4. The average molecular weight is 397 g/mol. The van der Waals surface area contributed by atoms with E-state index >= 15 is 0 Å². The van der Waals surface area contributed by atoms with E-state index in [1.165, 1.54) is 0 Å². The highest BCUT2D eigenvalue weighted by atomic mass is 19.4. The van der Waals surface area contributed by atoms with Crippen LogP contribution in [0.1, 0.15) is 41.3 Å². The molecule has 0 N–H and O–H groups in total. The number of carbonyl (C=O) groups excluding carboxylic acids is 2. The summed E-state index contributed by atoms with van der Waals surface area (Å²) in [7, 11) is 0. The fourth-order valence-electron chi connectivity index (χ4n) is 2.89. The number of alkyl halides is 6. The summed E-state index contributed by atoms with van der Waals surface area (Å²) in [5.74, 6) is -2.09. The van der Waals surface area contributed by atoms with Crippen molar-refractivity contribution < 1.29 is 40.7 Å². The number of esters is 1. The molecule has 0 atom stereocenters. The first kappa shape index (κ1) is 21.0. The zero-order valence-electron chi connectivity index (χ0n) is 14.3. The van der Waals surface area contributed by atoms with Gasteiger partial charge in [-0.3, -0.25) is 9.59 Å². The van der Waals surface area contributed by atoms with E-state index in [1.807, 2.05) is 0 Å². The second kappa shape index (κ2) is 7.77. The van der Waals surface area contributed by atoms with E-state index in [0.29, 0.717) is 6.07 Å². The molecule has 1 heterocycles. The van der Waals surface area contributed by atoms with Crippen molar-refractivity contribution in [2.75, 3.05) is 19.7 Å². The van der Waals surface area contributed by atoms with Crippen molar-refractivity contribution in [1.82, 2.24) is 4.90 Å². The molecule has 0 aromatic heterocycles. The molecule has 0 aliphatic carbocycles. The number of hydrogen-bond donors (Lipinski definition) is 0. The van der Waals surface area contributed by atoms with Gasteiger partial charge in [0.1, 0.15) is 0 Å². The lowest BCUT2D eigenvalue weighted by molar-refractivity contribution is -0.149. The van der Waals surface area contributed by atoms with Crippen LogP contribution in [-0.2, 0) is 21.9 Å². The third-order valence-electron chi connectivity index (χ3n) is 4.28. The SMILES string of the molecule is CCOC(=O)C1CCN(C(=O)c2cc(C(F)(F)F)ccc2C(F)(F)F)CC1. The minimum Gasteiger partial charge on any atom is -0.466 e. The monoisotopic (exact) mass is 397 g/mol. The van der Waals surface area contributed by atoms with E-state index in [9.17, 15) is 35.9 Å². The molecule has 0 radical (unpaired) electrons. The molecule has 1 aliphatic heterocycles. The third kappa shape index (κ3) is 4.92. The Morgan fingerprint density at radius 3 is 2.15 bits per heavy atom. The number of amides is 1. The largest absolute Gasteiger partial charge is 0.466 e. The van der Waals surface area contributed by atoms with Gasteiger partial charge in [0.25, 0.3) is 5.91 Å². The van der Waals surface area contributed by atoms with E-state index in [-0.39, 0.29) is 44.7 Å². The van der Waals surface area contributed by atoms with E-state index in [2.05, 4.69) is 0 Å². The first-order chi connectivity index (χ1) is 12.4. The van der Waals surface area contributed by atoms with Crippen molar-refractivity contribution in [1.29, 1.82) is 0 Å². The Kier molecular flexibility index (Phi) is 6.06. The molecular weight excluding hydrogens is 380 g/mol. The Morgan fingerprint density at radius 1 is 1.07 bits per heavy atom. The summed E-state index contributed by atoms with van der Waals surface area (Å²) in [6, 6.07) is 0.788. The Labute approximate surface area is 151 Å². The summed E-state index contributed by atoms with van der Waals surface area (Å²) in [4.78, 5) is 25.2. The molecule has 0 saturated carbocycles. The molecule has 4 nitrogen and oxygen atoms in total. The predicted octanol–water partition coefficient (Wildman–Crippen LogP) is 4.14. The van der Waals surface area contributed by atoms with Gasteiger partial charge in [-0.2, -0.15) is 26.3 Å². The van der Waals surface area contributed by atoms with Gasteiger partial charge in [0.05, 0.1) is 29.2 Å². The summed E-state index contributed by atoms with van der Waals surface area (Å²) in [6.45, 7) is 1.71. The van der Waals surface area contributed by atoms with Gasteiger partial charge in [0, 0.05) is 13.1 Å². The maximum absolute atomic E-state index is 13.1. The smallest absolute Gasteiger partial charge is 0.417 e. The Hall–Kier alpha value is -2.26. The van der Waals surface area contributed by atoms with Crippen LogP contribution in [0, 0.1) is 5.92 Å². The number of halogens is 6. The standard InChI is InChI=1S/C17H17F6NO3/c1-2-27-15(26)10-5-7-24(8-6-10)14(25)12-9-11(16(18,19)20)3-4-13(12)17(21,22)23/h3-4,9-10H,2,5-8H2,1H3.